The molecule has 0 aliphatic carbocycles. The summed E-state index contributed by atoms with van der Waals surface area (Å²) in [5, 5.41) is 12.3. The molecule has 0 bridgehead atoms. The summed E-state index contributed by atoms with van der Waals surface area (Å²) in [5.74, 6) is -0.813. The molecule has 1 aliphatic heterocycles. The maximum Gasteiger partial charge on any atom is 0.240 e. The molecule has 2 N–H and O–H groups in total. The molecule has 2 amide bonds. The Labute approximate surface area is 146 Å². The van der Waals surface area contributed by atoms with Crippen LogP contribution in [0.4, 0.5) is 10.1 Å². The largest absolute Gasteiger partial charge is 0.463 e. The summed E-state index contributed by atoms with van der Waals surface area (Å²) in [6.07, 6.45) is 2.80. The van der Waals surface area contributed by atoms with Crippen molar-refractivity contribution in [1.82, 2.24) is 5.32 Å². The normalized spacial score (nSPS) is 18.7. The lowest BCUT2D eigenvalue weighted by Crippen LogP contribution is -2.28. The van der Waals surface area contributed by atoms with Gasteiger partial charge < -0.3 is 15.1 Å². The summed E-state index contributed by atoms with van der Waals surface area (Å²) in [6.45, 7) is 0. The number of amides is 2. The molecular formula is C16H13FN4O3S. The Hall–Kier alpha value is -2.94. The molecule has 3 rings (SSSR count). The Bertz CT molecular complexity index is 836. The third kappa shape index (κ3) is 4.54. The third-order valence-electron chi connectivity index (χ3n) is 3.17. The zero-order chi connectivity index (χ0) is 17.6. The number of furan rings is 1. The zero-order valence-electron chi connectivity index (χ0n) is 12.8. The van der Waals surface area contributed by atoms with Crippen molar-refractivity contribution < 1.29 is 18.4 Å². The van der Waals surface area contributed by atoms with Crippen molar-refractivity contribution in [3.63, 3.8) is 0 Å². The number of carbonyl (C=O) groups is 2. The summed E-state index contributed by atoms with van der Waals surface area (Å²) in [5.41, 5.74) is 0.0767. The lowest BCUT2D eigenvalue weighted by atomic mass is 10.2. The van der Waals surface area contributed by atoms with E-state index in [-0.39, 0.29) is 23.2 Å². The third-order valence-corrected chi connectivity index (χ3v) is 4.24. The van der Waals surface area contributed by atoms with Crippen LogP contribution in [0.3, 0.4) is 0 Å². The number of thioether (sulfide) groups is 1. The number of rotatable bonds is 5. The molecule has 25 heavy (non-hydrogen) atoms. The summed E-state index contributed by atoms with van der Waals surface area (Å²) < 4.78 is 18.6. The fourth-order valence-corrected chi connectivity index (χ4v) is 2.95. The van der Waals surface area contributed by atoms with Gasteiger partial charge in [-0.3, -0.25) is 9.59 Å². The van der Waals surface area contributed by atoms with E-state index in [0.717, 1.165) is 11.8 Å². The second-order valence-corrected chi connectivity index (χ2v) is 6.18. The molecule has 9 heteroatoms. The first-order valence-electron chi connectivity index (χ1n) is 7.28. The fraction of sp³-hybridized carbons (Fsp3) is 0.125. The van der Waals surface area contributed by atoms with Crippen molar-refractivity contribution in [3.05, 3.63) is 54.2 Å². The van der Waals surface area contributed by atoms with Crippen LogP contribution in [0, 0.1) is 5.82 Å². The quantitative estimate of drug-likeness (QED) is 0.632. The molecule has 1 aliphatic rings. The van der Waals surface area contributed by atoms with Crippen molar-refractivity contribution in [2.75, 3.05) is 5.32 Å². The van der Waals surface area contributed by atoms with Crippen LogP contribution in [0.1, 0.15) is 12.2 Å². The Balaban J connectivity index is 1.55. The van der Waals surface area contributed by atoms with Gasteiger partial charge in [0.05, 0.1) is 18.2 Å². The maximum absolute atomic E-state index is 13.5. The summed E-state index contributed by atoms with van der Waals surface area (Å²) >= 11 is 1.09. The summed E-state index contributed by atoms with van der Waals surface area (Å²) in [4.78, 5) is 23.9. The minimum Gasteiger partial charge on any atom is -0.463 e. The monoisotopic (exact) mass is 360 g/mol. The number of nitrogens with one attached hydrogen (secondary N) is 2. The molecule has 2 heterocycles. The van der Waals surface area contributed by atoms with Gasteiger partial charge in [0.15, 0.2) is 5.17 Å². The average Bonchev–Trinajstić information content (AvgIpc) is 3.20. The standard InChI is InChI=1S/C16H13FN4O3S/c17-11-5-1-2-6-12(11)19-14(22)8-13-15(23)20-16(25-13)21-18-9-10-4-3-7-24-10/h1-7,9,13H,8H2,(H,19,22)(H,20,21,23)/b18-9-/t13-/m1/s1. The number of carbonyl (C=O) groups excluding carboxylic acids is 2. The Morgan fingerprint density at radius 3 is 2.96 bits per heavy atom. The molecule has 1 atom stereocenters. The highest BCUT2D eigenvalue weighted by Gasteiger charge is 2.32. The molecule has 1 fully saturated rings. The van der Waals surface area contributed by atoms with Gasteiger partial charge >= 0.3 is 0 Å². The van der Waals surface area contributed by atoms with E-state index in [2.05, 4.69) is 20.8 Å². The van der Waals surface area contributed by atoms with Gasteiger partial charge in [0.25, 0.3) is 0 Å². The minimum absolute atomic E-state index is 0.0767. The van der Waals surface area contributed by atoms with E-state index < -0.39 is 17.0 Å². The highest BCUT2D eigenvalue weighted by atomic mass is 32.2. The smallest absolute Gasteiger partial charge is 0.240 e. The van der Waals surface area contributed by atoms with E-state index in [1.54, 1.807) is 18.2 Å². The summed E-state index contributed by atoms with van der Waals surface area (Å²) in [7, 11) is 0. The van der Waals surface area contributed by atoms with Gasteiger partial charge in [-0.05, 0) is 24.3 Å². The van der Waals surface area contributed by atoms with E-state index >= 15 is 0 Å². The van der Waals surface area contributed by atoms with Crippen LogP contribution in [0.15, 0.2) is 57.3 Å². The van der Waals surface area contributed by atoms with E-state index in [9.17, 15) is 14.0 Å². The van der Waals surface area contributed by atoms with Gasteiger partial charge in [0.2, 0.25) is 11.8 Å². The topological polar surface area (TPSA) is 96.1 Å². The lowest BCUT2D eigenvalue weighted by Gasteiger charge is -2.07. The van der Waals surface area contributed by atoms with Gasteiger partial charge in [-0.25, -0.2) is 4.39 Å². The highest BCUT2D eigenvalue weighted by molar-refractivity contribution is 8.15. The van der Waals surface area contributed by atoms with Crippen molar-refractivity contribution >= 4 is 40.6 Å². The molecule has 1 saturated heterocycles. The van der Waals surface area contributed by atoms with Crippen molar-refractivity contribution in [3.8, 4) is 0 Å². The average molecular weight is 360 g/mol. The van der Waals surface area contributed by atoms with Crippen molar-refractivity contribution in [2.24, 2.45) is 10.2 Å². The molecule has 1 aromatic heterocycles. The first kappa shape index (κ1) is 16.9. The fourth-order valence-electron chi connectivity index (χ4n) is 2.02. The molecule has 2 aromatic rings. The number of amidine groups is 1. The Morgan fingerprint density at radius 2 is 2.20 bits per heavy atom. The molecular weight excluding hydrogens is 347 g/mol. The van der Waals surface area contributed by atoms with Crippen LogP contribution < -0.4 is 10.6 Å². The van der Waals surface area contributed by atoms with Crippen LogP contribution in [-0.2, 0) is 9.59 Å². The minimum atomic E-state index is -0.649. The molecule has 0 radical (unpaired) electrons. The zero-order valence-corrected chi connectivity index (χ0v) is 13.6. The second-order valence-electron chi connectivity index (χ2n) is 4.99. The number of para-hydroxylation sites is 1. The number of benzene rings is 1. The van der Waals surface area contributed by atoms with E-state index in [4.69, 9.17) is 4.42 Å². The molecule has 0 spiro atoms. The van der Waals surface area contributed by atoms with Crippen LogP contribution >= 0.6 is 11.8 Å². The van der Waals surface area contributed by atoms with Crippen LogP contribution in [0.25, 0.3) is 0 Å². The summed E-state index contributed by atoms with van der Waals surface area (Å²) in [6, 6.07) is 9.25. The highest BCUT2D eigenvalue weighted by Crippen LogP contribution is 2.23. The first-order valence-corrected chi connectivity index (χ1v) is 8.16. The maximum atomic E-state index is 13.5. The SMILES string of the molecule is O=C(C[C@H]1S/C(=N/N=C\c2ccco2)NC1=O)Nc1ccccc1F. The molecule has 1 aromatic carbocycles. The molecule has 7 nitrogen and oxygen atoms in total. The number of anilines is 1. The van der Waals surface area contributed by atoms with Crippen molar-refractivity contribution in [1.29, 1.82) is 0 Å². The van der Waals surface area contributed by atoms with Crippen LogP contribution in [0.5, 0.6) is 0 Å². The Kier molecular flexibility index (Phi) is 5.24. The van der Waals surface area contributed by atoms with Crippen molar-refractivity contribution in [2.45, 2.75) is 11.7 Å². The molecule has 128 valence electrons. The first-order chi connectivity index (χ1) is 12.1. The van der Waals surface area contributed by atoms with Crippen LogP contribution in [0.2, 0.25) is 0 Å². The number of hydrogen-bond acceptors (Lipinski definition) is 6. The van der Waals surface area contributed by atoms with Gasteiger partial charge in [-0.1, -0.05) is 23.9 Å². The van der Waals surface area contributed by atoms with E-state index in [1.165, 1.54) is 30.7 Å². The van der Waals surface area contributed by atoms with Gasteiger partial charge in [-0.15, -0.1) is 5.10 Å². The van der Waals surface area contributed by atoms with E-state index in [1.807, 2.05) is 0 Å². The van der Waals surface area contributed by atoms with Gasteiger partial charge in [0.1, 0.15) is 16.8 Å². The number of nitrogens with zero attached hydrogens (tertiary/aromatic N) is 2. The van der Waals surface area contributed by atoms with Gasteiger partial charge in [0, 0.05) is 6.42 Å². The number of hydrogen-bond donors (Lipinski definition) is 2. The Morgan fingerprint density at radius 1 is 1.36 bits per heavy atom. The van der Waals surface area contributed by atoms with E-state index in [0.29, 0.717) is 5.76 Å². The van der Waals surface area contributed by atoms with Crippen LogP contribution in [-0.4, -0.2) is 28.4 Å². The number of halogens is 1. The predicted octanol–water partition coefficient (Wildman–Crippen LogP) is 2.37. The second kappa shape index (κ2) is 7.75. The molecule has 0 saturated carbocycles. The molecule has 0 unspecified atom stereocenters. The lowest BCUT2D eigenvalue weighted by molar-refractivity contribution is -0.122. The van der Waals surface area contributed by atoms with Gasteiger partial charge in [-0.2, -0.15) is 5.10 Å². The predicted molar refractivity (Wildman–Crippen MR) is 92.9 cm³/mol.